The summed E-state index contributed by atoms with van der Waals surface area (Å²) in [5.74, 6) is -1.14. The number of rotatable bonds is 8. The molecule has 0 bridgehead atoms. The fourth-order valence-corrected chi connectivity index (χ4v) is 6.26. The molecule has 0 aliphatic heterocycles. The van der Waals surface area contributed by atoms with E-state index in [1.54, 1.807) is 12.1 Å². The molecule has 1 aromatic heterocycles. The number of sulfone groups is 1. The topological polar surface area (TPSA) is 144 Å². The zero-order valence-corrected chi connectivity index (χ0v) is 21.6. The molecule has 1 aliphatic rings. The third-order valence-corrected chi connectivity index (χ3v) is 8.16. The van der Waals surface area contributed by atoms with Crippen LogP contribution in [0.2, 0.25) is 0 Å². The van der Waals surface area contributed by atoms with Gasteiger partial charge in [-0.1, -0.05) is 12.1 Å². The Morgan fingerprint density at radius 2 is 1.92 bits per heavy atom. The smallest absolute Gasteiger partial charge is 0.411 e. The van der Waals surface area contributed by atoms with Gasteiger partial charge in [0.15, 0.2) is 15.1 Å². The molecule has 3 amide bonds. The molecule has 12 heteroatoms. The second kappa shape index (κ2) is 10.2. The molecule has 190 valence electrons. The Kier molecular flexibility index (Phi) is 7.27. The SMILES string of the molecule is COC(=O)Nc1ccc(-c2ccc3nc(C(C(=O)NCC(=O)NC4CC4)S(C)(=O)=O)sc3c2)c(C)c1. The Bertz CT molecular complexity index is 1450. The lowest BCUT2D eigenvalue weighted by Gasteiger charge is -2.12. The van der Waals surface area contributed by atoms with Gasteiger partial charge in [-0.15, -0.1) is 11.3 Å². The molecule has 10 nitrogen and oxygen atoms in total. The minimum absolute atomic E-state index is 0.138. The highest BCUT2D eigenvalue weighted by atomic mass is 32.2. The molecule has 1 atom stereocenters. The number of aromatic nitrogens is 1. The highest BCUT2D eigenvalue weighted by Crippen LogP contribution is 2.34. The van der Waals surface area contributed by atoms with Gasteiger partial charge in [0, 0.05) is 18.0 Å². The number of anilines is 1. The van der Waals surface area contributed by atoms with Gasteiger partial charge in [0.25, 0.3) is 0 Å². The standard InChI is InChI=1S/C24H26N4O6S2/c1-13-10-16(27-24(31)34-2)7-8-17(13)14-4-9-18-19(11-14)35-23(28-18)21(36(3,32)33)22(30)25-12-20(29)26-15-5-6-15/h4,7-11,15,21H,5-6,12H2,1-3H3,(H,25,30)(H,26,29)(H,27,31). The Morgan fingerprint density at radius 1 is 1.17 bits per heavy atom. The normalized spacial score (nSPS) is 14.2. The molecule has 0 radical (unpaired) electrons. The first kappa shape index (κ1) is 25.6. The Labute approximate surface area is 212 Å². The van der Waals surface area contributed by atoms with Gasteiger partial charge in [-0.3, -0.25) is 14.9 Å². The van der Waals surface area contributed by atoms with Crippen molar-refractivity contribution in [3.8, 4) is 11.1 Å². The molecule has 1 fully saturated rings. The van der Waals surface area contributed by atoms with Crippen molar-refractivity contribution in [3.05, 3.63) is 47.0 Å². The number of nitrogens with one attached hydrogen (secondary N) is 3. The largest absolute Gasteiger partial charge is 0.453 e. The Morgan fingerprint density at radius 3 is 2.56 bits per heavy atom. The maximum absolute atomic E-state index is 12.8. The van der Waals surface area contributed by atoms with E-state index in [0.717, 1.165) is 47.1 Å². The van der Waals surface area contributed by atoms with Gasteiger partial charge >= 0.3 is 6.09 Å². The first-order valence-electron chi connectivity index (χ1n) is 11.2. The summed E-state index contributed by atoms with van der Waals surface area (Å²) < 4.78 is 30.4. The number of carbonyl (C=O) groups excluding carboxylic acids is 3. The number of thiazole rings is 1. The minimum Gasteiger partial charge on any atom is -0.453 e. The molecule has 36 heavy (non-hydrogen) atoms. The molecule has 0 saturated heterocycles. The third-order valence-electron chi connectivity index (χ3n) is 5.63. The van der Waals surface area contributed by atoms with Crippen LogP contribution < -0.4 is 16.0 Å². The van der Waals surface area contributed by atoms with Crippen molar-refractivity contribution in [3.63, 3.8) is 0 Å². The van der Waals surface area contributed by atoms with Crippen LogP contribution in [-0.2, 0) is 24.2 Å². The number of ether oxygens (including phenoxy) is 1. The van der Waals surface area contributed by atoms with Crippen molar-refractivity contribution < 1.29 is 27.5 Å². The van der Waals surface area contributed by atoms with E-state index in [1.165, 1.54) is 7.11 Å². The lowest BCUT2D eigenvalue weighted by atomic mass is 10.00. The highest BCUT2D eigenvalue weighted by Gasteiger charge is 2.34. The second-order valence-electron chi connectivity index (χ2n) is 8.65. The summed E-state index contributed by atoms with van der Waals surface area (Å²) in [6, 6.07) is 11.1. The average molecular weight is 531 g/mol. The van der Waals surface area contributed by atoms with Gasteiger partial charge in [0.1, 0.15) is 5.01 Å². The molecule has 1 heterocycles. The van der Waals surface area contributed by atoms with E-state index in [0.29, 0.717) is 15.9 Å². The molecule has 4 rings (SSSR count). The van der Waals surface area contributed by atoms with Crippen LogP contribution in [0.3, 0.4) is 0 Å². The van der Waals surface area contributed by atoms with E-state index in [4.69, 9.17) is 0 Å². The maximum atomic E-state index is 12.8. The highest BCUT2D eigenvalue weighted by molar-refractivity contribution is 7.91. The number of carbonyl (C=O) groups is 3. The number of hydrogen-bond acceptors (Lipinski definition) is 8. The average Bonchev–Trinajstić information content (AvgIpc) is 3.52. The molecule has 2 aromatic carbocycles. The summed E-state index contributed by atoms with van der Waals surface area (Å²) in [5.41, 5.74) is 3.86. The van der Waals surface area contributed by atoms with Crippen LogP contribution in [-0.4, -0.2) is 57.3 Å². The zero-order chi connectivity index (χ0) is 26.0. The Hall–Kier alpha value is -3.51. The number of methoxy groups -OCH3 is 1. The number of hydrogen-bond donors (Lipinski definition) is 3. The molecule has 3 N–H and O–H groups in total. The summed E-state index contributed by atoms with van der Waals surface area (Å²) in [5, 5.41) is 6.42. The van der Waals surface area contributed by atoms with Gasteiger partial charge in [-0.25, -0.2) is 18.2 Å². The van der Waals surface area contributed by atoms with Gasteiger partial charge in [0.05, 0.1) is 23.9 Å². The fourth-order valence-electron chi connectivity index (χ4n) is 3.71. The van der Waals surface area contributed by atoms with Crippen LogP contribution in [0.5, 0.6) is 0 Å². The van der Waals surface area contributed by atoms with Gasteiger partial charge in [-0.05, 0) is 60.7 Å². The van der Waals surface area contributed by atoms with E-state index in [-0.39, 0.29) is 23.5 Å². The molecule has 1 saturated carbocycles. The molecule has 1 unspecified atom stereocenters. The Balaban J connectivity index is 1.58. The van der Waals surface area contributed by atoms with E-state index in [2.05, 4.69) is 25.7 Å². The predicted octanol–water partition coefficient (Wildman–Crippen LogP) is 2.93. The summed E-state index contributed by atoms with van der Waals surface area (Å²) in [6.45, 7) is 1.61. The van der Waals surface area contributed by atoms with Crippen molar-refractivity contribution in [2.75, 3.05) is 25.2 Å². The van der Waals surface area contributed by atoms with Crippen molar-refractivity contribution in [1.82, 2.24) is 15.6 Å². The van der Waals surface area contributed by atoms with Crippen LogP contribution in [0.25, 0.3) is 21.3 Å². The van der Waals surface area contributed by atoms with Crippen LogP contribution in [0.4, 0.5) is 10.5 Å². The summed E-state index contributed by atoms with van der Waals surface area (Å²) in [6.07, 6.45) is 2.24. The second-order valence-corrected chi connectivity index (χ2v) is 11.8. The van der Waals surface area contributed by atoms with Crippen molar-refractivity contribution >= 4 is 55.0 Å². The first-order valence-corrected chi connectivity index (χ1v) is 13.9. The predicted molar refractivity (Wildman–Crippen MR) is 138 cm³/mol. The van der Waals surface area contributed by atoms with Gasteiger partial charge in [0.2, 0.25) is 11.8 Å². The first-order chi connectivity index (χ1) is 17.0. The number of fused-ring (bicyclic) bond motifs is 1. The molecular formula is C24H26N4O6S2. The van der Waals surface area contributed by atoms with Crippen molar-refractivity contribution in [2.24, 2.45) is 0 Å². The fraction of sp³-hybridized carbons (Fsp3) is 0.333. The van der Waals surface area contributed by atoms with Crippen LogP contribution >= 0.6 is 11.3 Å². The lowest BCUT2D eigenvalue weighted by Crippen LogP contribution is -2.41. The summed E-state index contributed by atoms with van der Waals surface area (Å²) in [7, 11) is -2.56. The van der Waals surface area contributed by atoms with Gasteiger partial charge in [-0.2, -0.15) is 0 Å². The van der Waals surface area contributed by atoms with Crippen LogP contribution in [0, 0.1) is 6.92 Å². The van der Waals surface area contributed by atoms with E-state index in [1.807, 2.05) is 31.2 Å². The van der Waals surface area contributed by atoms with E-state index >= 15 is 0 Å². The van der Waals surface area contributed by atoms with Crippen molar-refractivity contribution in [1.29, 1.82) is 0 Å². The quantitative estimate of drug-likeness (QED) is 0.406. The number of nitrogens with zero attached hydrogens (tertiary/aromatic N) is 1. The lowest BCUT2D eigenvalue weighted by molar-refractivity contribution is -0.126. The summed E-state index contributed by atoms with van der Waals surface area (Å²) in [4.78, 5) is 40.6. The van der Waals surface area contributed by atoms with E-state index in [9.17, 15) is 22.8 Å². The summed E-state index contributed by atoms with van der Waals surface area (Å²) >= 11 is 1.12. The van der Waals surface area contributed by atoms with Crippen LogP contribution in [0.15, 0.2) is 36.4 Å². The van der Waals surface area contributed by atoms with Crippen molar-refractivity contribution in [2.45, 2.75) is 31.1 Å². The number of amides is 3. The molecule has 0 spiro atoms. The third kappa shape index (κ3) is 6.00. The minimum atomic E-state index is -3.85. The number of benzene rings is 2. The van der Waals surface area contributed by atoms with Crippen LogP contribution in [0.1, 0.15) is 28.7 Å². The molecule has 1 aliphatic carbocycles. The monoisotopic (exact) mass is 530 g/mol. The van der Waals surface area contributed by atoms with E-state index < -0.39 is 27.1 Å². The molecule has 3 aromatic rings. The van der Waals surface area contributed by atoms with Gasteiger partial charge < -0.3 is 15.4 Å². The molecular weight excluding hydrogens is 504 g/mol. The zero-order valence-electron chi connectivity index (χ0n) is 20.0. The number of aryl methyl sites for hydroxylation is 1. The maximum Gasteiger partial charge on any atom is 0.411 e.